The van der Waals surface area contributed by atoms with Gasteiger partial charge in [0.25, 0.3) is 5.91 Å². The summed E-state index contributed by atoms with van der Waals surface area (Å²) >= 11 is 0. The van der Waals surface area contributed by atoms with E-state index in [9.17, 15) is 26.4 Å². The van der Waals surface area contributed by atoms with Crippen molar-refractivity contribution < 1.29 is 35.5 Å². The molecule has 1 aromatic heterocycles. The van der Waals surface area contributed by atoms with E-state index in [4.69, 9.17) is 4.74 Å². The number of ether oxygens (including phenoxy) is 1. The minimum absolute atomic E-state index is 0.0785. The first-order chi connectivity index (χ1) is 18.6. The third-order valence-electron chi connectivity index (χ3n) is 7.12. The van der Waals surface area contributed by atoms with Crippen LogP contribution in [-0.4, -0.2) is 37.4 Å². The number of rotatable bonds is 4. The summed E-state index contributed by atoms with van der Waals surface area (Å²) in [5.74, 6) is -6.06. The normalized spacial score (nSPS) is 18.2. The highest BCUT2D eigenvalue weighted by molar-refractivity contribution is 7.92. The fraction of sp³-hybridized carbons (Fsp3) is 0.214. The summed E-state index contributed by atoms with van der Waals surface area (Å²) in [4.78, 5) is 17.8. The molecule has 2 aliphatic rings. The fourth-order valence-electron chi connectivity index (χ4n) is 5.34. The summed E-state index contributed by atoms with van der Waals surface area (Å²) in [7, 11) is -3.35. The van der Waals surface area contributed by atoms with E-state index in [0.29, 0.717) is 36.5 Å². The molecular formula is C28H20F4N2O4S. The standard InChI is InChI=1S/C28H20F4N2O4S/c29-15-9-18(26(32)21(31)10-15)25-20(30)6-5-17-24(14-12-39(36,37)13-14)19(11-33-27(17)25)28(35)34-22-7-8-38-23-4-2-1-3-16(22)23/h1-6,9-11,14,22H,7-8,12-13H2,(H,34,35)/t22-/m0/s1. The van der Waals surface area contributed by atoms with E-state index < -0.39 is 56.1 Å². The van der Waals surface area contributed by atoms with Gasteiger partial charge >= 0.3 is 0 Å². The molecule has 0 radical (unpaired) electrons. The van der Waals surface area contributed by atoms with E-state index in [1.54, 1.807) is 6.07 Å². The summed E-state index contributed by atoms with van der Waals surface area (Å²) in [6, 6.07) is 10.2. The number of amides is 1. The van der Waals surface area contributed by atoms with Crippen molar-refractivity contribution in [3.63, 3.8) is 0 Å². The molecule has 11 heteroatoms. The third kappa shape index (κ3) is 4.40. The molecule has 200 valence electrons. The molecule has 0 spiro atoms. The third-order valence-corrected chi connectivity index (χ3v) is 8.94. The molecule has 39 heavy (non-hydrogen) atoms. The van der Waals surface area contributed by atoms with Crippen LogP contribution in [0.2, 0.25) is 0 Å². The highest BCUT2D eigenvalue weighted by atomic mass is 32.2. The lowest BCUT2D eigenvalue weighted by Gasteiger charge is -2.30. The number of hydrogen-bond acceptors (Lipinski definition) is 5. The Kier molecular flexibility index (Phi) is 6.05. The van der Waals surface area contributed by atoms with Crippen LogP contribution >= 0.6 is 0 Å². The Morgan fingerprint density at radius 1 is 1.00 bits per heavy atom. The van der Waals surface area contributed by atoms with Gasteiger partial charge in [0, 0.05) is 46.7 Å². The van der Waals surface area contributed by atoms with E-state index in [-0.39, 0.29) is 34.0 Å². The number of carbonyl (C=O) groups is 1. The van der Waals surface area contributed by atoms with Gasteiger partial charge in [0.1, 0.15) is 17.4 Å². The topological polar surface area (TPSA) is 85.4 Å². The van der Waals surface area contributed by atoms with Crippen LogP contribution in [0.4, 0.5) is 17.6 Å². The van der Waals surface area contributed by atoms with Crippen LogP contribution in [-0.2, 0) is 9.84 Å². The predicted molar refractivity (Wildman–Crippen MR) is 135 cm³/mol. The number of aromatic nitrogens is 1. The molecular weight excluding hydrogens is 536 g/mol. The molecule has 6 nitrogen and oxygen atoms in total. The molecule has 1 N–H and O–H groups in total. The molecule has 1 saturated heterocycles. The molecule has 4 aromatic rings. The maximum Gasteiger partial charge on any atom is 0.253 e. The molecule has 1 atom stereocenters. The summed E-state index contributed by atoms with van der Waals surface area (Å²) in [5, 5.41) is 3.15. The van der Waals surface area contributed by atoms with Crippen molar-refractivity contribution in [2.45, 2.75) is 18.4 Å². The zero-order chi connectivity index (χ0) is 27.5. The highest BCUT2D eigenvalue weighted by Gasteiger charge is 2.39. The summed E-state index contributed by atoms with van der Waals surface area (Å²) < 4.78 is 87.6. The molecule has 2 aliphatic heterocycles. The summed E-state index contributed by atoms with van der Waals surface area (Å²) in [6.45, 7) is 0.379. The van der Waals surface area contributed by atoms with Gasteiger partial charge < -0.3 is 10.1 Å². The highest BCUT2D eigenvalue weighted by Crippen LogP contribution is 2.41. The van der Waals surface area contributed by atoms with Crippen LogP contribution in [0.25, 0.3) is 22.0 Å². The second-order valence-electron chi connectivity index (χ2n) is 9.63. The van der Waals surface area contributed by atoms with Crippen LogP contribution in [0.5, 0.6) is 5.75 Å². The van der Waals surface area contributed by atoms with Gasteiger partial charge in [-0.2, -0.15) is 0 Å². The van der Waals surface area contributed by atoms with Gasteiger partial charge in [-0.15, -0.1) is 0 Å². The van der Waals surface area contributed by atoms with E-state index in [1.807, 2.05) is 18.2 Å². The lowest BCUT2D eigenvalue weighted by Crippen LogP contribution is -2.37. The van der Waals surface area contributed by atoms with E-state index in [2.05, 4.69) is 10.3 Å². The molecule has 1 fully saturated rings. The van der Waals surface area contributed by atoms with E-state index >= 15 is 4.39 Å². The molecule has 3 heterocycles. The molecule has 0 bridgehead atoms. The molecule has 0 aliphatic carbocycles. The van der Waals surface area contributed by atoms with E-state index in [0.717, 1.165) is 11.6 Å². The quantitative estimate of drug-likeness (QED) is 0.275. The second-order valence-corrected chi connectivity index (χ2v) is 11.8. The van der Waals surface area contributed by atoms with Crippen molar-refractivity contribution in [2.75, 3.05) is 18.1 Å². The van der Waals surface area contributed by atoms with Crippen molar-refractivity contribution in [1.29, 1.82) is 0 Å². The predicted octanol–water partition coefficient (Wildman–Crippen LogP) is 5.22. The van der Waals surface area contributed by atoms with Crippen LogP contribution in [0.1, 0.15) is 39.9 Å². The van der Waals surface area contributed by atoms with Crippen molar-refractivity contribution >= 4 is 26.6 Å². The number of para-hydroxylation sites is 1. The number of fused-ring (bicyclic) bond motifs is 2. The van der Waals surface area contributed by atoms with Crippen LogP contribution in [0.15, 0.2) is 54.7 Å². The Morgan fingerprint density at radius 3 is 2.54 bits per heavy atom. The smallest absolute Gasteiger partial charge is 0.253 e. The number of hydrogen-bond donors (Lipinski definition) is 1. The number of nitrogens with zero attached hydrogens (tertiary/aromatic N) is 1. The van der Waals surface area contributed by atoms with E-state index in [1.165, 1.54) is 12.3 Å². The Balaban J connectivity index is 1.50. The van der Waals surface area contributed by atoms with Crippen molar-refractivity contribution in [1.82, 2.24) is 10.3 Å². The SMILES string of the molecule is O=C(N[C@H]1CCOc2ccccc21)c1cnc2c(-c3cc(F)cc(F)c3F)c(F)ccc2c1C1CS(=O)(=O)C1. The minimum atomic E-state index is -3.35. The monoisotopic (exact) mass is 556 g/mol. The number of nitrogens with one attached hydrogen (secondary N) is 1. The van der Waals surface area contributed by atoms with Crippen LogP contribution in [0.3, 0.4) is 0 Å². The molecule has 6 rings (SSSR count). The summed E-state index contributed by atoms with van der Waals surface area (Å²) in [6.07, 6.45) is 1.66. The van der Waals surface area contributed by atoms with Gasteiger partial charge in [-0.3, -0.25) is 9.78 Å². The van der Waals surface area contributed by atoms with Gasteiger partial charge in [0.05, 0.1) is 35.2 Å². The van der Waals surface area contributed by atoms with Gasteiger partial charge in [-0.1, -0.05) is 18.2 Å². The van der Waals surface area contributed by atoms with Crippen LogP contribution < -0.4 is 10.1 Å². The lowest BCUT2D eigenvalue weighted by molar-refractivity contribution is 0.0923. The van der Waals surface area contributed by atoms with Crippen molar-refractivity contribution in [3.05, 3.63) is 94.7 Å². The Bertz CT molecular complexity index is 1770. The zero-order valence-electron chi connectivity index (χ0n) is 20.2. The van der Waals surface area contributed by atoms with Crippen LogP contribution in [0, 0.1) is 23.3 Å². The Morgan fingerprint density at radius 2 is 1.77 bits per heavy atom. The molecule has 1 amide bonds. The number of halogens is 4. The number of benzene rings is 3. The van der Waals surface area contributed by atoms with Gasteiger partial charge in [-0.25, -0.2) is 26.0 Å². The van der Waals surface area contributed by atoms with Gasteiger partial charge in [-0.05, 0) is 29.8 Å². The minimum Gasteiger partial charge on any atom is -0.493 e. The number of pyridine rings is 1. The van der Waals surface area contributed by atoms with Crippen molar-refractivity contribution in [3.8, 4) is 16.9 Å². The van der Waals surface area contributed by atoms with Gasteiger partial charge in [0.2, 0.25) is 0 Å². The van der Waals surface area contributed by atoms with Gasteiger partial charge in [0.15, 0.2) is 21.5 Å². The fourth-order valence-corrected chi connectivity index (χ4v) is 6.80. The zero-order valence-corrected chi connectivity index (χ0v) is 21.0. The van der Waals surface area contributed by atoms with Crippen molar-refractivity contribution in [2.24, 2.45) is 0 Å². The largest absolute Gasteiger partial charge is 0.493 e. The Hall–Kier alpha value is -3.99. The lowest BCUT2D eigenvalue weighted by atomic mass is 9.90. The molecule has 3 aromatic carbocycles. The maximum atomic E-state index is 15.1. The maximum absolute atomic E-state index is 15.1. The molecule has 0 unspecified atom stereocenters. The average Bonchev–Trinajstić information content (AvgIpc) is 2.89. The Labute approximate surface area is 220 Å². The first-order valence-electron chi connectivity index (χ1n) is 12.1. The summed E-state index contributed by atoms with van der Waals surface area (Å²) in [5.41, 5.74) is -0.151. The first-order valence-corrected chi connectivity index (χ1v) is 13.9. The molecule has 0 saturated carbocycles. The average molecular weight is 557 g/mol. The second kappa shape index (κ2) is 9.33. The first kappa shape index (κ1) is 25.3. The number of carbonyl (C=O) groups excluding carboxylic acids is 1. The number of sulfone groups is 1.